The van der Waals surface area contributed by atoms with Crippen LogP contribution in [-0.2, 0) is 11.3 Å². The highest BCUT2D eigenvalue weighted by molar-refractivity contribution is 6.03. The van der Waals surface area contributed by atoms with E-state index in [0.29, 0.717) is 18.7 Å². The number of hydrogen-bond donors (Lipinski definition) is 1. The maximum Gasteiger partial charge on any atom is 0.289 e. The van der Waals surface area contributed by atoms with Crippen LogP contribution in [-0.4, -0.2) is 22.5 Å². The molecule has 0 aliphatic carbocycles. The Bertz CT molecular complexity index is 647. The number of aliphatic hydroxyl groups excluding tert-OH is 1. The molecule has 2 aromatic carbocycles. The van der Waals surface area contributed by atoms with Crippen LogP contribution in [0.15, 0.2) is 66.4 Å². The molecule has 1 aliphatic rings. The molecule has 3 rings (SSSR count). The minimum absolute atomic E-state index is 0.132. The van der Waals surface area contributed by atoms with Crippen LogP contribution in [0.5, 0.6) is 0 Å². The Morgan fingerprint density at radius 3 is 2.20 bits per heavy atom. The summed E-state index contributed by atoms with van der Waals surface area (Å²) < 4.78 is 0. The number of hydrogen-bond acceptors (Lipinski definition) is 2. The van der Waals surface area contributed by atoms with Crippen molar-refractivity contribution in [2.75, 3.05) is 6.54 Å². The Labute approximate surface area is 117 Å². The molecule has 0 saturated heterocycles. The maximum absolute atomic E-state index is 12.1. The van der Waals surface area contributed by atoms with Crippen LogP contribution < -0.4 is 0 Å². The molecule has 0 saturated carbocycles. The monoisotopic (exact) mass is 265 g/mol. The Hall–Kier alpha value is -2.55. The zero-order chi connectivity index (χ0) is 13.9. The van der Waals surface area contributed by atoms with Crippen LogP contribution >= 0.6 is 0 Å². The van der Waals surface area contributed by atoms with Crippen LogP contribution in [0.2, 0.25) is 0 Å². The summed E-state index contributed by atoms with van der Waals surface area (Å²) in [6, 6.07) is 19.3. The Kier molecular flexibility index (Phi) is 3.25. The van der Waals surface area contributed by atoms with Gasteiger partial charge in [-0.15, -0.1) is 0 Å². The molecule has 0 spiro atoms. The van der Waals surface area contributed by atoms with Crippen LogP contribution in [0.4, 0.5) is 0 Å². The van der Waals surface area contributed by atoms with Gasteiger partial charge in [0, 0.05) is 12.1 Å². The first-order valence-electron chi connectivity index (χ1n) is 6.56. The standard InChI is InChI=1S/C17H15NO2/c19-16-15(14-9-5-2-6-10-14)12-18(17(16)20)11-13-7-3-1-4-8-13/h1-10,19H,11-12H2. The molecule has 1 N–H and O–H groups in total. The molecule has 1 heterocycles. The number of amides is 1. The third-order valence-electron chi connectivity index (χ3n) is 3.46. The topological polar surface area (TPSA) is 40.5 Å². The number of carbonyl (C=O) groups excluding carboxylic acids is 1. The van der Waals surface area contributed by atoms with Gasteiger partial charge in [-0.1, -0.05) is 60.7 Å². The predicted molar refractivity (Wildman–Crippen MR) is 77.8 cm³/mol. The van der Waals surface area contributed by atoms with Crippen LogP contribution in [0.3, 0.4) is 0 Å². The maximum atomic E-state index is 12.1. The number of benzene rings is 2. The van der Waals surface area contributed by atoms with Crippen molar-refractivity contribution >= 4 is 11.5 Å². The van der Waals surface area contributed by atoms with E-state index in [0.717, 1.165) is 11.1 Å². The average Bonchev–Trinajstić information content (AvgIpc) is 2.78. The first-order chi connectivity index (χ1) is 9.75. The molecule has 1 amide bonds. The molecule has 0 radical (unpaired) electrons. The van der Waals surface area contributed by atoms with E-state index < -0.39 is 0 Å². The molecule has 20 heavy (non-hydrogen) atoms. The summed E-state index contributed by atoms with van der Waals surface area (Å²) in [6.07, 6.45) is 0. The van der Waals surface area contributed by atoms with Gasteiger partial charge >= 0.3 is 0 Å². The van der Waals surface area contributed by atoms with Crippen molar-refractivity contribution in [2.45, 2.75) is 6.54 Å². The second-order valence-corrected chi connectivity index (χ2v) is 4.84. The highest BCUT2D eigenvalue weighted by Crippen LogP contribution is 2.27. The summed E-state index contributed by atoms with van der Waals surface area (Å²) in [7, 11) is 0. The molecule has 3 nitrogen and oxygen atoms in total. The van der Waals surface area contributed by atoms with E-state index in [1.165, 1.54) is 0 Å². The van der Waals surface area contributed by atoms with Gasteiger partial charge in [0.25, 0.3) is 5.91 Å². The third-order valence-corrected chi connectivity index (χ3v) is 3.46. The zero-order valence-electron chi connectivity index (χ0n) is 11.0. The van der Waals surface area contributed by atoms with Gasteiger partial charge in [-0.25, -0.2) is 0 Å². The molecule has 0 atom stereocenters. The fourth-order valence-corrected chi connectivity index (χ4v) is 2.42. The van der Waals surface area contributed by atoms with Gasteiger partial charge in [0.1, 0.15) is 0 Å². The third kappa shape index (κ3) is 2.30. The fraction of sp³-hybridized carbons (Fsp3) is 0.118. The molecule has 0 aromatic heterocycles. The lowest BCUT2D eigenvalue weighted by molar-refractivity contribution is -0.128. The lowest BCUT2D eigenvalue weighted by Crippen LogP contribution is -2.26. The number of aliphatic hydroxyl groups is 1. The van der Waals surface area contributed by atoms with Crippen molar-refractivity contribution in [1.29, 1.82) is 0 Å². The first-order valence-corrected chi connectivity index (χ1v) is 6.56. The Morgan fingerprint density at radius 2 is 1.55 bits per heavy atom. The van der Waals surface area contributed by atoms with Crippen molar-refractivity contribution in [3.63, 3.8) is 0 Å². The van der Waals surface area contributed by atoms with E-state index in [1.807, 2.05) is 60.7 Å². The van der Waals surface area contributed by atoms with E-state index in [4.69, 9.17) is 0 Å². The lowest BCUT2D eigenvalue weighted by atomic mass is 10.1. The van der Waals surface area contributed by atoms with E-state index in [1.54, 1.807) is 4.90 Å². The van der Waals surface area contributed by atoms with Crippen molar-refractivity contribution in [2.24, 2.45) is 0 Å². The normalized spacial score (nSPS) is 15.0. The summed E-state index contributed by atoms with van der Waals surface area (Å²) in [5.41, 5.74) is 2.66. The van der Waals surface area contributed by atoms with Crippen LogP contribution in [0, 0.1) is 0 Å². The van der Waals surface area contributed by atoms with Crippen molar-refractivity contribution in [3.8, 4) is 0 Å². The fourth-order valence-electron chi connectivity index (χ4n) is 2.42. The Morgan fingerprint density at radius 1 is 0.950 bits per heavy atom. The minimum atomic E-state index is -0.298. The van der Waals surface area contributed by atoms with E-state index in [2.05, 4.69) is 0 Å². The Balaban J connectivity index is 1.82. The lowest BCUT2D eigenvalue weighted by Gasteiger charge is -2.16. The first kappa shape index (κ1) is 12.5. The van der Waals surface area contributed by atoms with E-state index in [9.17, 15) is 9.90 Å². The summed E-state index contributed by atoms with van der Waals surface area (Å²) in [6.45, 7) is 0.962. The molecular formula is C17H15NO2. The minimum Gasteiger partial charge on any atom is -0.503 e. The SMILES string of the molecule is O=C1C(O)=C(c2ccccc2)CN1Cc1ccccc1. The van der Waals surface area contributed by atoms with Crippen LogP contribution in [0.25, 0.3) is 5.57 Å². The number of nitrogens with zero attached hydrogens (tertiary/aromatic N) is 1. The van der Waals surface area contributed by atoms with Crippen molar-refractivity contribution in [3.05, 3.63) is 77.5 Å². The molecule has 1 aliphatic heterocycles. The molecule has 0 fully saturated rings. The highest BCUT2D eigenvalue weighted by Gasteiger charge is 2.30. The van der Waals surface area contributed by atoms with Gasteiger partial charge in [0.15, 0.2) is 5.76 Å². The molecule has 0 bridgehead atoms. The second kappa shape index (κ2) is 5.21. The van der Waals surface area contributed by atoms with Gasteiger partial charge in [-0.3, -0.25) is 4.79 Å². The van der Waals surface area contributed by atoms with Gasteiger partial charge < -0.3 is 10.0 Å². The van der Waals surface area contributed by atoms with Gasteiger partial charge in [-0.2, -0.15) is 0 Å². The molecule has 100 valence electrons. The quantitative estimate of drug-likeness (QED) is 0.926. The van der Waals surface area contributed by atoms with Crippen LogP contribution in [0.1, 0.15) is 11.1 Å². The van der Waals surface area contributed by atoms with Crippen molar-refractivity contribution < 1.29 is 9.90 Å². The van der Waals surface area contributed by atoms with E-state index in [-0.39, 0.29) is 11.7 Å². The van der Waals surface area contributed by atoms with Gasteiger partial charge in [0.05, 0.1) is 6.54 Å². The van der Waals surface area contributed by atoms with E-state index >= 15 is 0 Å². The number of carbonyl (C=O) groups is 1. The second-order valence-electron chi connectivity index (χ2n) is 4.84. The molecule has 0 unspecified atom stereocenters. The largest absolute Gasteiger partial charge is 0.503 e. The molecule has 2 aromatic rings. The molecular weight excluding hydrogens is 250 g/mol. The molecule has 3 heteroatoms. The summed E-state index contributed by atoms with van der Waals surface area (Å²) in [5.74, 6) is -0.431. The summed E-state index contributed by atoms with van der Waals surface area (Å²) >= 11 is 0. The smallest absolute Gasteiger partial charge is 0.289 e. The predicted octanol–water partition coefficient (Wildman–Crippen LogP) is 3.00. The zero-order valence-corrected chi connectivity index (χ0v) is 11.0. The summed E-state index contributed by atoms with van der Waals surface area (Å²) in [4.78, 5) is 13.8. The van der Waals surface area contributed by atoms with Gasteiger partial charge in [-0.05, 0) is 11.1 Å². The van der Waals surface area contributed by atoms with Crippen molar-refractivity contribution in [1.82, 2.24) is 4.90 Å². The summed E-state index contributed by atoms with van der Waals surface area (Å²) in [5, 5.41) is 10.0. The average molecular weight is 265 g/mol. The highest BCUT2D eigenvalue weighted by atomic mass is 16.3. The number of rotatable bonds is 3. The van der Waals surface area contributed by atoms with Gasteiger partial charge in [0.2, 0.25) is 0 Å².